The molecule has 1 aromatic heterocycles. The SMILES string of the molecule is CC(C)(C)N(CC(=O)Nc1ccc(F)cc1)C(=O)COC(=O)/C=C/c1cccs1. The molecule has 2 amide bonds. The molecule has 0 fully saturated rings. The van der Waals surface area contributed by atoms with E-state index in [9.17, 15) is 18.8 Å². The maximum absolute atomic E-state index is 13.0. The molecule has 0 radical (unpaired) electrons. The highest BCUT2D eigenvalue weighted by atomic mass is 32.1. The molecule has 0 aliphatic carbocycles. The molecule has 0 bridgehead atoms. The highest BCUT2D eigenvalue weighted by molar-refractivity contribution is 7.10. The highest BCUT2D eigenvalue weighted by Gasteiger charge is 2.29. The smallest absolute Gasteiger partial charge is 0.331 e. The molecule has 0 aliphatic rings. The van der Waals surface area contributed by atoms with Crippen molar-refractivity contribution in [2.24, 2.45) is 0 Å². The van der Waals surface area contributed by atoms with E-state index in [0.717, 1.165) is 4.88 Å². The van der Waals surface area contributed by atoms with Crippen molar-refractivity contribution in [2.45, 2.75) is 26.3 Å². The average molecular weight is 418 g/mol. The van der Waals surface area contributed by atoms with E-state index >= 15 is 0 Å². The molecule has 0 saturated heterocycles. The van der Waals surface area contributed by atoms with Crippen molar-refractivity contribution in [1.29, 1.82) is 0 Å². The van der Waals surface area contributed by atoms with Gasteiger partial charge in [0.1, 0.15) is 12.4 Å². The van der Waals surface area contributed by atoms with Crippen LogP contribution in [0.1, 0.15) is 25.6 Å². The Balaban J connectivity index is 1.92. The Morgan fingerprint density at radius 2 is 1.86 bits per heavy atom. The van der Waals surface area contributed by atoms with E-state index in [-0.39, 0.29) is 6.54 Å². The molecule has 0 aliphatic heterocycles. The van der Waals surface area contributed by atoms with E-state index in [0.29, 0.717) is 5.69 Å². The summed E-state index contributed by atoms with van der Waals surface area (Å²) in [4.78, 5) is 38.9. The van der Waals surface area contributed by atoms with Crippen LogP contribution in [0.25, 0.3) is 6.08 Å². The van der Waals surface area contributed by atoms with Gasteiger partial charge in [0.2, 0.25) is 5.91 Å². The predicted molar refractivity (Wildman–Crippen MR) is 111 cm³/mol. The van der Waals surface area contributed by atoms with Crippen molar-refractivity contribution in [2.75, 3.05) is 18.5 Å². The average Bonchev–Trinajstić information content (AvgIpc) is 3.17. The summed E-state index contributed by atoms with van der Waals surface area (Å²) >= 11 is 1.47. The van der Waals surface area contributed by atoms with Crippen molar-refractivity contribution >= 4 is 40.9 Å². The molecule has 0 saturated carbocycles. The van der Waals surface area contributed by atoms with Gasteiger partial charge in [0.25, 0.3) is 5.91 Å². The van der Waals surface area contributed by atoms with Crippen LogP contribution in [0.15, 0.2) is 47.9 Å². The molecule has 0 unspecified atom stereocenters. The van der Waals surface area contributed by atoms with Crippen molar-refractivity contribution < 1.29 is 23.5 Å². The zero-order valence-corrected chi connectivity index (χ0v) is 17.3. The molecule has 1 heterocycles. The maximum atomic E-state index is 13.0. The zero-order chi connectivity index (χ0) is 21.4. The minimum atomic E-state index is -0.670. The third kappa shape index (κ3) is 7.50. The van der Waals surface area contributed by atoms with Gasteiger partial charge in [-0.25, -0.2) is 9.18 Å². The van der Waals surface area contributed by atoms with Crippen LogP contribution in [-0.4, -0.2) is 41.4 Å². The summed E-state index contributed by atoms with van der Waals surface area (Å²) < 4.78 is 18.0. The lowest BCUT2D eigenvalue weighted by atomic mass is 10.1. The van der Waals surface area contributed by atoms with Crippen LogP contribution < -0.4 is 5.32 Å². The second-order valence-corrected chi connectivity index (χ2v) is 8.14. The molecule has 0 atom stereocenters. The number of ether oxygens (including phenoxy) is 1. The standard InChI is InChI=1S/C21H23FN2O4S/c1-21(2,3)24(13-18(25)23-16-8-6-15(22)7-9-16)19(26)14-28-20(27)11-10-17-5-4-12-29-17/h4-12H,13-14H2,1-3H3,(H,23,25)/b11-10+. The minimum Gasteiger partial charge on any atom is -0.452 e. The molecule has 1 N–H and O–H groups in total. The van der Waals surface area contributed by atoms with Crippen molar-refractivity contribution in [1.82, 2.24) is 4.90 Å². The number of esters is 1. The molecule has 8 heteroatoms. The summed E-state index contributed by atoms with van der Waals surface area (Å²) in [7, 11) is 0. The van der Waals surface area contributed by atoms with Gasteiger partial charge >= 0.3 is 5.97 Å². The number of nitrogens with zero attached hydrogens (tertiary/aromatic N) is 1. The Bertz CT molecular complexity index is 871. The summed E-state index contributed by atoms with van der Waals surface area (Å²) in [6.07, 6.45) is 2.86. The van der Waals surface area contributed by atoms with Gasteiger partial charge in [-0.1, -0.05) is 6.07 Å². The van der Waals surface area contributed by atoms with Gasteiger partial charge in [-0.3, -0.25) is 9.59 Å². The third-order valence-electron chi connectivity index (χ3n) is 3.81. The normalized spacial score (nSPS) is 11.3. The Hall–Kier alpha value is -3.00. The highest BCUT2D eigenvalue weighted by Crippen LogP contribution is 2.15. The first-order valence-electron chi connectivity index (χ1n) is 8.89. The molecule has 154 valence electrons. The number of carbonyl (C=O) groups is 3. The van der Waals surface area contributed by atoms with Gasteiger partial charge in [-0.2, -0.15) is 0 Å². The first kappa shape index (κ1) is 22.3. The summed E-state index contributed by atoms with van der Waals surface area (Å²) in [5.41, 5.74) is -0.251. The van der Waals surface area contributed by atoms with E-state index in [2.05, 4.69) is 5.32 Å². The third-order valence-corrected chi connectivity index (χ3v) is 4.64. The molecular formula is C21H23FN2O4S. The quantitative estimate of drug-likeness (QED) is 0.549. The Morgan fingerprint density at radius 1 is 1.17 bits per heavy atom. The van der Waals surface area contributed by atoms with Crippen LogP contribution in [0.5, 0.6) is 0 Å². The summed E-state index contributed by atoms with van der Waals surface area (Å²) in [5.74, 6) is -1.99. The largest absolute Gasteiger partial charge is 0.452 e. The van der Waals surface area contributed by atoms with E-state index in [1.807, 2.05) is 17.5 Å². The van der Waals surface area contributed by atoms with Gasteiger partial charge in [-0.15, -0.1) is 11.3 Å². The second kappa shape index (κ2) is 9.97. The summed E-state index contributed by atoms with van der Waals surface area (Å²) in [6, 6.07) is 9.02. The number of anilines is 1. The Morgan fingerprint density at radius 3 is 2.45 bits per heavy atom. The number of nitrogens with one attached hydrogen (secondary N) is 1. The fourth-order valence-corrected chi connectivity index (χ4v) is 2.99. The number of rotatable bonds is 7. The first-order valence-corrected chi connectivity index (χ1v) is 9.77. The molecule has 0 spiro atoms. The lowest BCUT2D eigenvalue weighted by Gasteiger charge is -2.35. The topological polar surface area (TPSA) is 75.7 Å². The molecule has 1 aromatic carbocycles. The number of halogens is 1. The van der Waals surface area contributed by atoms with Gasteiger partial charge in [-0.05, 0) is 62.6 Å². The van der Waals surface area contributed by atoms with Crippen LogP contribution >= 0.6 is 11.3 Å². The summed E-state index contributed by atoms with van der Waals surface area (Å²) in [5, 5.41) is 4.49. The van der Waals surface area contributed by atoms with Crippen molar-refractivity contribution in [3.05, 3.63) is 58.5 Å². The van der Waals surface area contributed by atoms with Crippen molar-refractivity contribution in [3.8, 4) is 0 Å². The minimum absolute atomic E-state index is 0.234. The van der Waals surface area contributed by atoms with Crippen LogP contribution in [-0.2, 0) is 19.1 Å². The first-order chi connectivity index (χ1) is 13.6. The molecule has 6 nitrogen and oxygen atoms in total. The predicted octanol–water partition coefficient (Wildman–Crippen LogP) is 3.71. The Labute approximate surface area is 173 Å². The van der Waals surface area contributed by atoms with Gasteiger partial charge in [0.05, 0.1) is 0 Å². The molecular weight excluding hydrogens is 395 g/mol. The van der Waals surface area contributed by atoms with E-state index < -0.39 is 35.7 Å². The maximum Gasteiger partial charge on any atom is 0.331 e. The number of carbonyl (C=O) groups excluding carboxylic acids is 3. The monoisotopic (exact) mass is 418 g/mol. The van der Waals surface area contributed by atoms with E-state index in [1.54, 1.807) is 26.8 Å². The summed E-state index contributed by atoms with van der Waals surface area (Å²) in [6.45, 7) is 4.61. The molecule has 2 rings (SSSR count). The van der Waals surface area contributed by atoms with E-state index in [1.165, 1.54) is 46.6 Å². The van der Waals surface area contributed by atoms with Crippen LogP contribution in [0.4, 0.5) is 10.1 Å². The zero-order valence-electron chi connectivity index (χ0n) is 16.5. The fraction of sp³-hybridized carbons (Fsp3) is 0.286. The number of benzene rings is 1. The lowest BCUT2D eigenvalue weighted by Crippen LogP contribution is -2.50. The Kier molecular flexibility index (Phi) is 7.67. The number of thiophene rings is 1. The fourth-order valence-electron chi connectivity index (χ4n) is 2.37. The van der Waals surface area contributed by atoms with Gasteiger partial charge < -0.3 is 15.0 Å². The molecule has 29 heavy (non-hydrogen) atoms. The van der Waals surface area contributed by atoms with E-state index in [4.69, 9.17) is 4.74 Å². The molecule has 2 aromatic rings. The number of amides is 2. The van der Waals surface area contributed by atoms with Gasteiger partial charge in [0, 0.05) is 22.2 Å². The number of hydrogen-bond donors (Lipinski definition) is 1. The lowest BCUT2D eigenvalue weighted by molar-refractivity contribution is -0.151. The second-order valence-electron chi connectivity index (χ2n) is 7.16. The number of hydrogen-bond acceptors (Lipinski definition) is 5. The van der Waals surface area contributed by atoms with Crippen LogP contribution in [0.3, 0.4) is 0 Å². The van der Waals surface area contributed by atoms with Crippen LogP contribution in [0, 0.1) is 5.82 Å². The van der Waals surface area contributed by atoms with Crippen LogP contribution in [0.2, 0.25) is 0 Å². The van der Waals surface area contributed by atoms with Gasteiger partial charge in [0.15, 0.2) is 6.61 Å². The van der Waals surface area contributed by atoms with Crippen molar-refractivity contribution in [3.63, 3.8) is 0 Å².